The monoisotopic (exact) mass is 495 g/mol. The summed E-state index contributed by atoms with van der Waals surface area (Å²) in [6.45, 7) is 9.64. The summed E-state index contributed by atoms with van der Waals surface area (Å²) < 4.78 is 32.1. The Balaban J connectivity index is 1.50. The highest BCUT2D eigenvalue weighted by Gasteiger charge is 2.33. The molecule has 1 aliphatic rings. The Kier molecular flexibility index (Phi) is 6.52. The zero-order chi connectivity index (χ0) is 24.7. The van der Waals surface area contributed by atoms with E-state index in [1.54, 1.807) is 30.2 Å². The average molecular weight is 496 g/mol. The minimum atomic E-state index is -1.41. The van der Waals surface area contributed by atoms with Gasteiger partial charge in [0.05, 0.1) is 17.4 Å². The van der Waals surface area contributed by atoms with E-state index >= 15 is 0 Å². The van der Waals surface area contributed by atoms with Crippen LogP contribution in [-0.4, -0.2) is 64.1 Å². The van der Waals surface area contributed by atoms with Crippen LogP contribution in [-0.2, 0) is 18.0 Å². The van der Waals surface area contributed by atoms with Crippen LogP contribution in [0.15, 0.2) is 54.1 Å². The lowest BCUT2D eigenvalue weighted by Crippen LogP contribution is -2.50. The quantitative estimate of drug-likeness (QED) is 0.408. The van der Waals surface area contributed by atoms with Crippen molar-refractivity contribution in [1.82, 2.24) is 33.8 Å². The fourth-order valence-electron chi connectivity index (χ4n) is 4.79. The van der Waals surface area contributed by atoms with Crippen LogP contribution < -0.4 is 0 Å². The Morgan fingerprint density at radius 2 is 1.94 bits per heavy atom. The van der Waals surface area contributed by atoms with Crippen LogP contribution in [0.2, 0.25) is 0 Å². The summed E-state index contributed by atoms with van der Waals surface area (Å²) in [6.07, 6.45) is 3.43. The average Bonchev–Trinajstić information content (AvgIpc) is 3.44. The number of nitrogens with zero attached hydrogens (tertiary/aromatic N) is 7. The Morgan fingerprint density at radius 1 is 1.17 bits per heavy atom. The Morgan fingerprint density at radius 3 is 2.63 bits per heavy atom. The molecule has 10 heteroatoms. The second-order valence-electron chi connectivity index (χ2n) is 9.54. The normalized spacial score (nSPS) is 18.5. The predicted octanol–water partition coefficient (Wildman–Crippen LogP) is 3.64. The molecule has 8 nitrogen and oxygen atoms in total. The van der Waals surface area contributed by atoms with Gasteiger partial charge in [-0.2, -0.15) is 5.10 Å². The zero-order valence-electron chi connectivity index (χ0n) is 20.4. The third kappa shape index (κ3) is 4.78. The van der Waals surface area contributed by atoms with Crippen LogP contribution in [0.25, 0.3) is 16.6 Å². The van der Waals surface area contributed by atoms with Gasteiger partial charge in [0.2, 0.25) is 0 Å². The molecule has 35 heavy (non-hydrogen) atoms. The molecule has 2 unspecified atom stereocenters. The largest absolute Gasteiger partial charge is 0.293 e. The van der Waals surface area contributed by atoms with Crippen LogP contribution in [0.3, 0.4) is 0 Å². The van der Waals surface area contributed by atoms with Gasteiger partial charge in [0.1, 0.15) is 12.1 Å². The van der Waals surface area contributed by atoms with Gasteiger partial charge in [-0.15, -0.1) is 5.10 Å². The van der Waals surface area contributed by atoms with Crippen LogP contribution in [0, 0.1) is 18.7 Å². The molecule has 0 radical (unpaired) electrons. The van der Waals surface area contributed by atoms with Gasteiger partial charge in [-0.05, 0) is 60.4 Å². The molecule has 0 amide bonds. The molecule has 2 aromatic carbocycles. The number of benzene rings is 2. The van der Waals surface area contributed by atoms with Gasteiger partial charge < -0.3 is 0 Å². The number of aromatic nitrogens is 5. The number of rotatable bonds is 6. The van der Waals surface area contributed by atoms with Crippen molar-refractivity contribution < 1.29 is 8.60 Å². The summed E-state index contributed by atoms with van der Waals surface area (Å²) in [5.74, 6) is 0.242. The molecule has 1 saturated heterocycles. The minimum absolute atomic E-state index is 0.0809. The topological polar surface area (TPSA) is 72.1 Å². The fourth-order valence-corrected chi connectivity index (χ4v) is 5.88. The van der Waals surface area contributed by atoms with E-state index in [0.717, 1.165) is 35.2 Å². The first-order valence-electron chi connectivity index (χ1n) is 11.8. The predicted molar refractivity (Wildman–Crippen MR) is 134 cm³/mol. The van der Waals surface area contributed by atoms with Crippen molar-refractivity contribution in [1.29, 1.82) is 0 Å². The highest BCUT2D eigenvalue weighted by atomic mass is 32.2. The highest BCUT2D eigenvalue weighted by Crippen LogP contribution is 2.33. The number of hydrogen-bond donors (Lipinski definition) is 0. The van der Waals surface area contributed by atoms with Gasteiger partial charge in [0.15, 0.2) is 11.0 Å². The second kappa shape index (κ2) is 9.60. The first-order chi connectivity index (χ1) is 16.8. The summed E-state index contributed by atoms with van der Waals surface area (Å²) in [4.78, 5) is 6.70. The zero-order valence-corrected chi connectivity index (χ0v) is 21.2. The minimum Gasteiger partial charge on any atom is -0.293 e. The SMILES string of the molecule is Cc1cc2c(cnn2-c2ccc(F)cc2)cc1C1CN(S(=O)c2ncn(C)n2)CCN1CC(C)C. The van der Waals surface area contributed by atoms with Crippen LogP contribution in [0.4, 0.5) is 4.39 Å². The lowest BCUT2D eigenvalue weighted by molar-refractivity contribution is 0.107. The molecule has 2 aromatic heterocycles. The molecule has 4 aromatic rings. The van der Waals surface area contributed by atoms with Gasteiger partial charge in [0.25, 0.3) is 5.16 Å². The van der Waals surface area contributed by atoms with Crippen molar-refractivity contribution in [2.75, 3.05) is 26.2 Å². The maximum Gasteiger partial charge on any atom is 0.254 e. The Bertz CT molecular complexity index is 1360. The highest BCUT2D eigenvalue weighted by molar-refractivity contribution is 7.82. The number of aryl methyl sites for hydroxylation is 2. The van der Waals surface area contributed by atoms with Crippen LogP contribution in [0.5, 0.6) is 0 Å². The molecule has 184 valence electrons. The molecule has 0 spiro atoms. The van der Waals surface area contributed by atoms with E-state index in [-0.39, 0.29) is 11.9 Å². The smallest absolute Gasteiger partial charge is 0.254 e. The maximum atomic E-state index is 13.4. The van der Waals surface area contributed by atoms with Crippen LogP contribution >= 0.6 is 0 Å². The standard InChI is InChI=1S/C25H30FN7OS/c1-17(2)14-31-9-10-32(35(34)25-27-16-30(4)29-25)15-24(31)22-12-19-13-28-33(23(19)11-18(22)3)21-7-5-20(26)6-8-21/h5-8,11-13,16-17,24H,9-10,14-15H2,1-4H3. The molecule has 3 heterocycles. The van der Waals surface area contributed by atoms with Gasteiger partial charge in [-0.1, -0.05) is 13.8 Å². The molecule has 1 fully saturated rings. The van der Waals surface area contributed by atoms with E-state index in [4.69, 9.17) is 0 Å². The van der Waals surface area contributed by atoms with Crippen molar-refractivity contribution in [3.05, 3.63) is 65.9 Å². The van der Waals surface area contributed by atoms with Gasteiger partial charge in [0, 0.05) is 44.7 Å². The van der Waals surface area contributed by atoms with E-state index < -0.39 is 11.0 Å². The van der Waals surface area contributed by atoms with Crippen LogP contribution in [0.1, 0.15) is 31.0 Å². The molecule has 0 saturated carbocycles. The number of hydrogen-bond acceptors (Lipinski definition) is 5. The number of fused-ring (bicyclic) bond motifs is 1. The van der Waals surface area contributed by atoms with E-state index in [0.29, 0.717) is 24.2 Å². The van der Waals surface area contributed by atoms with Crippen molar-refractivity contribution in [3.8, 4) is 5.69 Å². The van der Waals surface area contributed by atoms with Crippen molar-refractivity contribution >= 4 is 21.9 Å². The molecule has 2 atom stereocenters. The lowest BCUT2D eigenvalue weighted by atomic mass is 9.96. The first-order valence-corrected chi connectivity index (χ1v) is 12.9. The summed E-state index contributed by atoms with van der Waals surface area (Å²) in [5.41, 5.74) is 4.13. The fraction of sp³-hybridized carbons (Fsp3) is 0.400. The van der Waals surface area contributed by atoms with Crippen molar-refractivity contribution in [2.24, 2.45) is 13.0 Å². The molecule has 1 aliphatic heterocycles. The first kappa shape index (κ1) is 23.8. The number of piperazine rings is 1. The lowest BCUT2D eigenvalue weighted by Gasteiger charge is -2.41. The molecule has 5 rings (SSSR count). The van der Waals surface area contributed by atoms with Gasteiger partial charge in [-0.25, -0.2) is 22.6 Å². The Labute approximate surface area is 206 Å². The number of halogens is 1. The van der Waals surface area contributed by atoms with Crippen molar-refractivity contribution in [2.45, 2.75) is 32.0 Å². The summed E-state index contributed by atoms with van der Waals surface area (Å²) in [5, 5.41) is 10.2. The molecular weight excluding hydrogens is 465 g/mol. The Hall–Kier alpha value is -2.95. The third-order valence-corrected chi connectivity index (χ3v) is 7.71. The second-order valence-corrected chi connectivity index (χ2v) is 10.9. The van der Waals surface area contributed by atoms with Gasteiger partial charge >= 0.3 is 0 Å². The van der Waals surface area contributed by atoms with E-state index in [1.807, 2.05) is 15.2 Å². The van der Waals surface area contributed by atoms with E-state index in [2.05, 4.69) is 53.0 Å². The summed E-state index contributed by atoms with van der Waals surface area (Å²) >= 11 is 0. The molecule has 0 N–H and O–H groups in total. The summed E-state index contributed by atoms with van der Waals surface area (Å²) in [7, 11) is 0.368. The van der Waals surface area contributed by atoms with E-state index in [1.165, 1.54) is 17.7 Å². The summed E-state index contributed by atoms with van der Waals surface area (Å²) in [6, 6.07) is 10.8. The maximum absolute atomic E-state index is 13.4. The van der Waals surface area contributed by atoms with Crippen molar-refractivity contribution in [3.63, 3.8) is 0 Å². The molecular formula is C25H30FN7OS. The third-order valence-electron chi connectivity index (χ3n) is 6.41. The van der Waals surface area contributed by atoms with Gasteiger partial charge in [-0.3, -0.25) is 9.58 Å². The molecule has 0 aliphatic carbocycles. The molecule has 0 bridgehead atoms. The van der Waals surface area contributed by atoms with E-state index in [9.17, 15) is 8.60 Å².